The smallest absolute Gasteiger partial charge is 0.256 e. The predicted octanol–water partition coefficient (Wildman–Crippen LogP) is 4.59. The summed E-state index contributed by atoms with van der Waals surface area (Å²) >= 11 is 0. The number of anilines is 1. The third-order valence-corrected chi connectivity index (χ3v) is 6.20. The Labute approximate surface area is 201 Å². The highest BCUT2D eigenvalue weighted by Crippen LogP contribution is 2.36. The normalized spacial score (nSPS) is 15.2. The number of amides is 2. The molecule has 0 aliphatic carbocycles. The second-order valence-corrected chi connectivity index (χ2v) is 8.36. The van der Waals surface area contributed by atoms with Crippen LogP contribution in [0.2, 0.25) is 0 Å². The van der Waals surface area contributed by atoms with Crippen molar-refractivity contribution in [2.75, 3.05) is 18.4 Å². The van der Waals surface area contributed by atoms with Gasteiger partial charge in [-0.3, -0.25) is 9.59 Å². The van der Waals surface area contributed by atoms with Gasteiger partial charge in [0.2, 0.25) is 5.91 Å². The first-order valence-corrected chi connectivity index (χ1v) is 11.2. The van der Waals surface area contributed by atoms with Crippen LogP contribution < -0.4 is 5.32 Å². The van der Waals surface area contributed by atoms with Gasteiger partial charge in [-0.15, -0.1) is 0 Å². The molecule has 1 atom stereocenters. The molecule has 8 heteroatoms. The molecular formula is C27H22FN5O2. The molecule has 3 heterocycles. The summed E-state index contributed by atoms with van der Waals surface area (Å²) in [7, 11) is 0. The molecule has 1 saturated heterocycles. The fraction of sp³-hybridized carbons (Fsp3) is 0.148. The summed E-state index contributed by atoms with van der Waals surface area (Å²) in [5.74, 6) is -0.618. The van der Waals surface area contributed by atoms with E-state index in [4.69, 9.17) is 0 Å². The fourth-order valence-corrected chi connectivity index (χ4v) is 4.46. The lowest BCUT2D eigenvalue weighted by Gasteiger charge is -2.17. The molecule has 2 aromatic heterocycles. The molecule has 1 unspecified atom stereocenters. The van der Waals surface area contributed by atoms with Crippen LogP contribution >= 0.6 is 0 Å². The van der Waals surface area contributed by atoms with E-state index >= 15 is 4.39 Å². The summed E-state index contributed by atoms with van der Waals surface area (Å²) in [5, 5.41) is 3.44. The Balaban J connectivity index is 1.48. The minimum absolute atomic E-state index is 0.0581. The number of carbonyl (C=O) groups excluding carboxylic acids is 2. The van der Waals surface area contributed by atoms with Crippen molar-refractivity contribution in [1.82, 2.24) is 19.9 Å². The lowest BCUT2D eigenvalue weighted by atomic mass is 9.91. The summed E-state index contributed by atoms with van der Waals surface area (Å²) < 4.78 is 15.3. The standard InChI is InChI=1S/C27H22FN5O2/c1-2-25(34)33-10-8-18(15-33)22-12-19(11-20-14-29-16-31-26(20)22)21-7-6-17(13-23(21)28)27(35)32-24-5-3-4-9-30-24/h2-7,9,11-14,16,18H,1,8,10,15H2,(H,30,32,35). The van der Waals surface area contributed by atoms with Gasteiger partial charge < -0.3 is 10.2 Å². The van der Waals surface area contributed by atoms with Crippen molar-refractivity contribution in [3.8, 4) is 11.1 Å². The summed E-state index contributed by atoms with van der Waals surface area (Å²) in [5.41, 5.74) is 2.94. The van der Waals surface area contributed by atoms with E-state index in [1.54, 1.807) is 47.6 Å². The number of halogens is 1. The van der Waals surface area contributed by atoms with E-state index in [2.05, 4.69) is 26.8 Å². The van der Waals surface area contributed by atoms with Gasteiger partial charge in [0.15, 0.2) is 0 Å². The second-order valence-electron chi connectivity index (χ2n) is 8.36. The summed E-state index contributed by atoms with van der Waals surface area (Å²) in [6, 6.07) is 13.3. The minimum atomic E-state index is -0.518. The SMILES string of the molecule is C=CC(=O)N1CCC(c2cc(-c3ccc(C(=O)Nc4ccccn4)cc3F)cc3cncnc23)C1. The molecule has 0 saturated carbocycles. The number of likely N-dealkylation sites (tertiary alicyclic amines) is 1. The molecule has 0 radical (unpaired) electrons. The largest absolute Gasteiger partial charge is 0.339 e. The zero-order valence-corrected chi connectivity index (χ0v) is 18.8. The molecule has 0 bridgehead atoms. The lowest BCUT2D eigenvalue weighted by Crippen LogP contribution is -2.26. The van der Waals surface area contributed by atoms with Gasteiger partial charge in [-0.05, 0) is 60.0 Å². The molecule has 4 aromatic rings. The van der Waals surface area contributed by atoms with Gasteiger partial charge in [0.05, 0.1) is 5.52 Å². The molecule has 0 spiro atoms. The van der Waals surface area contributed by atoms with Crippen LogP contribution in [-0.2, 0) is 4.79 Å². The van der Waals surface area contributed by atoms with E-state index in [0.29, 0.717) is 30.0 Å². The molecule has 35 heavy (non-hydrogen) atoms. The first-order chi connectivity index (χ1) is 17.0. The fourth-order valence-electron chi connectivity index (χ4n) is 4.46. The van der Waals surface area contributed by atoms with E-state index in [1.807, 2.05) is 12.1 Å². The molecular weight excluding hydrogens is 445 g/mol. The second kappa shape index (κ2) is 9.42. The quantitative estimate of drug-likeness (QED) is 0.434. The molecule has 1 aliphatic heterocycles. The molecule has 2 aromatic carbocycles. The number of fused-ring (bicyclic) bond motifs is 1. The van der Waals surface area contributed by atoms with Crippen molar-refractivity contribution in [2.45, 2.75) is 12.3 Å². The summed E-state index contributed by atoms with van der Waals surface area (Å²) in [4.78, 5) is 39.1. The zero-order chi connectivity index (χ0) is 24.4. The maximum absolute atomic E-state index is 15.3. The third kappa shape index (κ3) is 4.50. The van der Waals surface area contributed by atoms with Crippen LogP contribution in [-0.4, -0.2) is 44.8 Å². The number of pyridine rings is 1. The molecule has 1 N–H and O–H groups in total. The molecule has 1 aliphatic rings. The van der Waals surface area contributed by atoms with Gasteiger partial charge in [0, 0.05) is 47.9 Å². The Morgan fingerprint density at radius 2 is 2.03 bits per heavy atom. The number of rotatable bonds is 5. The van der Waals surface area contributed by atoms with Crippen molar-refractivity contribution in [1.29, 1.82) is 0 Å². The highest BCUT2D eigenvalue weighted by molar-refractivity contribution is 6.04. The number of benzene rings is 2. The average Bonchev–Trinajstić information content (AvgIpc) is 3.38. The van der Waals surface area contributed by atoms with Crippen LogP contribution in [0.3, 0.4) is 0 Å². The van der Waals surface area contributed by atoms with E-state index in [0.717, 1.165) is 22.9 Å². The van der Waals surface area contributed by atoms with Gasteiger partial charge in [-0.25, -0.2) is 19.3 Å². The van der Waals surface area contributed by atoms with Gasteiger partial charge in [0.1, 0.15) is 18.0 Å². The summed E-state index contributed by atoms with van der Waals surface area (Å²) in [6.45, 7) is 4.74. The van der Waals surface area contributed by atoms with E-state index in [-0.39, 0.29) is 17.4 Å². The Morgan fingerprint density at radius 3 is 2.80 bits per heavy atom. The number of aromatic nitrogens is 3. The van der Waals surface area contributed by atoms with E-state index in [9.17, 15) is 9.59 Å². The van der Waals surface area contributed by atoms with Crippen LogP contribution in [0.25, 0.3) is 22.0 Å². The van der Waals surface area contributed by atoms with Gasteiger partial charge in [0.25, 0.3) is 5.91 Å². The Hall–Kier alpha value is -4.46. The number of hydrogen-bond acceptors (Lipinski definition) is 5. The number of nitrogens with zero attached hydrogens (tertiary/aromatic N) is 4. The minimum Gasteiger partial charge on any atom is -0.339 e. The first-order valence-electron chi connectivity index (χ1n) is 11.2. The predicted molar refractivity (Wildman–Crippen MR) is 131 cm³/mol. The maximum atomic E-state index is 15.3. The van der Waals surface area contributed by atoms with Crippen LogP contribution in [0.5, 0.6) is 0 Å². The molecule has 7 nitrogen and oxygen atoms in total. The molecule has 2 amide bonds. The van der Waals surface area contributed by atoms with Crippen molar-refractivity contribution >= 4 is 28.5 Å². The first kappa shape index (κ1) is 22.3. The van der Waals surface area contributed by atoms with Crippen LogP contribution in [0.4, 0.5) is 10.2 Å². The van der Waals surface area contributed by atoms with Gasteiger partial charge >= 0.3 is 0 Å². The van der Waals surface area contributed by atoms with Crippen molar-refractivity contribution in [2.24, 2.45) is 0 Å². The molecule has 1 fully saturated rings. The monoisotopic (exact) mass is 467 g/mol. The lowest BCUT2D eigenvalue weighted by molar-refractivity contribution is -0.125. The number of hydrogen-bond donors (Lipinski definition) is 1. The van der Waals surface area contributed by atoms with Crippen molar-refractivity contribution in [3.05, 3.63) is 96.9 Å². The van der Waals surface area contributed by atoms with Crippen LogP contribution in [0.15, 0.2) is 79.9 Å². The number of nitrogens with one attached hydrogen (secondary N) is 1. The van der Waals surface area contributed by atoms with Crippen LogP contribution in [0, 0.1) is 5.82 Å². The molecule has 5 rings (SSSR count). The van der Waals surface area contributed by atoms with Gasteiger partial charge in [-0.1, -0.05) is 18.7 Å². The molecule has 174 valence electrons. The van der Waals surface area contributed by atoms with E-state index < -0.39 is 11.7 Å². The zero-order valence-electron chi connectivity index (χ0n) is 18.8. The maximum Gasteiger partial charge on any atom is 0.256 e. The van der Waals surface area contributed by atoms with Crippen LogP contribution in [0.1, 0.15) is 28.3 Å². The average molecular weight is 468 g/mol. The highest BCUT2D eigenvalue weighted by atomic mass is 19.1. The Bertz CT molecular complexity index is 1440. The van der Waals surface area contributed by atoms with Crippen molar-refractivity contribution in [3.63, 3.8) is 0 Å². The van der Waals surface area contributed by atoms with Crippen molar-refractivity contribution < 1.29 is 14.0 Å². The Morgan fingerprint density at radius 1 is 1.14 bits per heavy atom. The van der Waals surface area contributed by atoms with Gasteiger partial charge in [-0.2, -0.15) is 0 Å². The summed E-state index contributed by atoms with van der Waals surface area (Å²) in [6.07, 6.45) is 6.85. The third-order valence-electron chi connectivity index (χ3n) is 6.20. The topological polar surface area (TPSA) is 88.1 Å². The number of carbonyl (C=O) groups is 2. The highest BCUT2D eigenvalue weighted by Gasteiger charge is 2.28. The van der Waals surface area contributed by atoms with E-state index in [1.165, 1.54) is 18.5 Å². The Kier molecular flexibility index (Phi) is 6.01.